The second-order valence-electron chi connectivity index (χ2n) is 3.85. The zero-order valence-corrected chi connectivity index (χ0v) is 11.9. The lowest BCUT2D eigenvalue weighted by Gasteiger charge is -2.11. The molecule has 1 heterocycles. The van der Waals surface area contributed by atoms with Crippen LogP contribution in [0.3, 0.4) is 0 Å². The minimum absolute atomic E-state index is 0.0414. The highest BCUT2D eigenvalue weighted by molar-refractivity contribution is 9.10. The van der Waals surface area contributed by atoms with Gasteiger partial charge in [0, 0.05) is 0 Å². The second kappa shape index (κ2) is 6.21. The van der Waals surface area contributed by atoms with Crippen molar-refractivity contribution in [2.24, 2.45) is 0 Å². The summed E-state index contributed by atoms with van der Waals surface area (Å²) in [5, 5.41) is 0. The van der Waals surface area contributed by atoms with E-state index in [4.69, 9.17) is 9.15 Å². The van der Waals surface area contributed by atoms with E-state index < -0.39 is 6.36 Å². The monoisotopic (exact) mass is 364 g/mol. The van der Waals surface area contributed by atoms with Gasteiger partial charge in [0.2, 0.25) is 0 Å². The van der Waals surface area contributed by atoms with Gasteiger partial charge >= 0.3 is 6.36 Å². The third kappa shape index (κ3) is 4.52. The van der Waals surface area contributed by atoms with Gasteiger partial charge in [0.25, 0.3) is 0 Å². The fraction of sp³-hybridized carbons (Fsp3) is 0.154. The van der Waals surface area contributed by atoms with Gasteiger partial charge in [0.05, 0.1) is 4.47 Å². The van der Waals surface area contributed by atoms with Crippen LogP contribution in [0.4, 0.5) is 13.2 Å². The first-order chi connectivity index (χ1) is 9.87. The molecule has 0 aliphatic rings. The van der Waals surface area contributed by atoms with E-state index in [1.165, 1.54) is 18.2 Å². The average Bonchev–Trinajstić information content (AvgIpc) is 2.86. The number of alkyl halides is 3. The molecule has 4 nitrogen and oxygen atoms in total. The van der Waals surface area contributed by atoms with Crippen LogP contribution in [0.5, 0.6) is 11.5 Å². The van der Waals surface area contributed by atoms with Crippen LogP contribution < -0.4 is 9.47 Å². The highest BCUT2D eigenvalue weighted by Crippen LogP contribution is 2.33. The first-order valence-electron chi connectivity index (χ1n) is 5.59. The minimum atomic E-state index is -4.76. The van der Waals surface area contributed by atoms with E-state index in [0.717, 1.165) is 6.07 Å². The molecule has 0 amide bonds. The summed E-state index contributed by atoms with van der Waals surface area (Å²) in [7, 11) is 0. The lowest BCUT2D eigenvalue weighted by molar-refractivity contribution is -0.274. The van der Waals surface area contributed by atoms with Crippen LogP contribution in [-0.4, -0.2) is 12.6 Å². The molecular weight excluding hydrogens is 357 g/mol. The van der Waals surface area contributed by atoms with Crippen molar-refractivity contribution in [3.63, 3.8) is 0 Å². The molecule has 0 saturated carbocycles. The maximum absolute atomic E-state index is 12.1. The Kier molecular flexibility index (Phi) is 4.56. The topological polar surface area (TPSA) is 48.7 Å². The lowest BCUT2D eigenvalue weighted by atomic mass is 10.3. The quantitative estimate of drug-likeness (QED) is 0.740. The van der Waals surface area contributed by atoms with E-state index in [1.54, 1.807) is 6.07 Å². The van der Waals surface area contributed by atoms with Crippen LogP contribution >= 0.6 is 15.9 Å². The van der Waals surface area contributed by atoms with Crippen molar-refractivity contribution in [1.29, 1.82) is 0 Å². The Bertz CT molecular complexity index is 637. The van der Waals surface area contributed by atoms with Gasteiger partial charge in [-0.05, 0) is 46.3 Å². The molecule has 0 unspecified atom stereocenters. The number of rotatable bonds is 5. The number of aldehydes is 1. The number of furan rings is 1. The highest BCUT2D eigenvalue weighted by atomic mass is 79.9. The maximum atomic E-state index is 12.1. The summed E-state index contributed by atoms with van der Waals surface area (Å²) in [6, 6.07) is 6.85. The summed E-state index contributed by atoms with van der Waals surface area (Å²) in [5.41, 5.74) is 0. The maximum Gasteiger partial charge on any atom is 0.573 e. The Morgan fingerprint density at radius 1 is 1.24 bits per heavy atom. The molecule has 2 rings (SSSR count). The Labute approximate surface area is 125 Å². The van der Waals surface area contributed by atoms with Gasteiger partial charge in [-0.1, -0.05) is 0 Å². The van der Waals surface area contributed by atoms with Crippen LogP contribution in [-0.2, 0) is 6.61 Å². The molecule has 0 aliphatic heterocycles. The Balaban J connectivity index is 2.01. The first-order valence-corrected chi connectivity index (χ1v) is 6.38. The zero-order valence-electron chi connectivity index (χ0n) is 10.3. The number of ether oxygens (including phenoxy) is 2. The Morgan fingerprint density at radius 3 is 2.57 bits per heavy atom. The van der Waals surface area contributed by atoms with Gasteiger partial charge in [-0.3, -0.25) is 4.79 Å². The highest BCUT2D eigenvalue weighted by Gasteiger charge is 2.31. The molecule has 1 aromatic carbocycles. The van der Waals surface area contributed by atoms with Crippen molar-refractivity contribution >= 4 is 22.2 Å². The van der Waals surface area contributed by atoms with E-state index in [9.17, 15) is 18.0 Å². The van der Waals surface area contributed by atoms with Crippen molar-refractivity contribution < 1.29 is 31.9 Å². The summed E-state index contributed by atoms with van der Waals surface area (Å²) < 4.78 is 50.7. The summed E-state index contributed by atoms with van der Waals surface area (Å²) in [4.78, 5) is 10.4. The van der Waals surface area contributed by atoms with E-state index in [1.807, 2.05) is 0 Å². The molecule has 21 heavy (non-hydrogen) atoms. The fourth-order valence-corrected chi connectivity index (χ4v) is 1.91. The normalized spacial score (nSPS) is 11.2. The van der Waals surface area contributed by atoms with Gasteiger partial charge in [-0.15, -0.1) is 13.2 Å². The molecular formula is C13H8BrF3O4. The molecule has 0 N–H and O–H groups in total. The molecule has 8 heteroatoms. The van der Waals surface area contributed by atoms with Crippen LogP contribution in [0.1, 0.15) is 16.3 Å². The standard InChI is InChI=1S/C13H8BrF3O4/c14-11-5-8(3-4-12(11)21-13(15,16)17)19-7-10-2-1-9(6-18)20-10/h1-6H,7H2. The van der Waals surface area contributed by atoms with Crippen LogP contribution in [0.25, 0.3) is 0 Å². The van der Waals surface area contributed by atoms with Crippen molar-refractivity contribution in [2.75, 3.05) is 0 Å². The number of hydrogen-bond acceptors (Lipinski definition) is 4. The van der Waals surface area contributed by atoms with Crippen molar-refractivity contribution in [1.82, 2.24) is 0 Å². The van der Waals surface area contributed by atoms with E-state index >= 15 is 0 Å². The van der Waals surface area contributed by atoms with Crippen molar-refractivity contribution in [3.05, 3.63) is 46.3 Å². The predicted molar refractivity (Wildman–Crippen MR) is 69.3 cm³/mol. The Morgan fingerprint density at radius 2 is 2.00 bits per heavy atom. The van der Waals surface area contributed by atoms with Crippen molar-refractivity contribution in [3.8, 4) is 11.5 Å². The molecule has 0 atom stereocenters. The van der Waals surface area contributed by atoms with Crippen molar-refractivity contribution in [2.45, 2.75) is 13.0 Å². The molecule has 0 saturated heterocycles. The molecule has 0 fully saturated rings. The predicted octanol–water partition coefficient (Wildman–Crippen LogP) is 4.33. The molecule has 0 aliphatic carbocycles. The zero-order chi connectivity index (χ0) is 15.5. The lowest BCUT2D eigenvalue weighted by Crippen LogP contribution is -2.17. The van der Waals surface area contributed by atoms with Gasteiger partial charge in [0.15, 0.2) is 12.0 Å². The molecule has 2 aromatic rings. The van der Waals surface area contributed by atoms with E-state index in [0.29, 0.717) is 17.8 Å². The van der Waals surface area contributed by atoms with Gasteiger partial charge in [0.1, 0.15) is 23.9 Å². The first kappa shape index (κ1) is 15.4. The van der Waals surface area contributed by atoms with E-state index in [2.05, 4.69) is 20.7 Å². The molecule has 112 valence electrons. The van der Waals surface area contributed by atoms with Gasteiger partial charge < -0.3 is 13.9 Å². The largest absolute Gasteiger partial charge is 0.573 e. The third-order valence-electron chi connectivity index (χ3n) is 2.31. The minimum Gasteiger partial charge on any atom is -0.486 e. The number of carbonyl (C=O) groups is 1. The van der Waals surface area contributed by atoms with Crippen LogP contribution in [0.15, 0.2) is 39.2 Å². The Hall–Kier alpha value is -1.96. The van der Waals surface area contributed by atoms with Crippen LogP contribution in [0.2, 0.25) is 0 Å². The van der Waals surface area contributed by atoms with Gasteiger partial charge in [-0.25, -0.2) is 0 Å². The summed E-state index contributed by atoms with van der Waals surface area (Å²) in [6.07, 6.45) is -4.20. The van der Waals surface area contributed by atoms with Gasteiger partial charge in [-0.2, -0.15) is 0 Å². The van der Waals surface area contributed by atoms with E-state index in [-0.39, 0.29) is 22.6 Å². The SMILES string of the molecule is O=Cc1ccc(COc2ccc(OC(F)(F)F)c(Br)c2)o1. The second-order valence-corrected chi connectivity index (χ2v) is 4.70. The number of carbonyl (C=O) groups excluding carboxylic acids is 1. The number of hydrogen-bond donors (Lipinski definition) is 0. The molecule has 0 radical (unpaired) electrons. The smallest absolute Gasteiger partial charge is 0.486 e. The molecule has 1 aromatic heterocycles. The molecule has 0 bridgehead atoms. The summed E-state index contributed by atoms with van der Waals surface area (Å²) in [5.74, 6) is 0.545. The average molecular weight is 365 g/mol. The molecule has 0 spiro atoms. The fourth-order valence-electron chi connectivity index (χ4n) is 1.47. The number of benzene rings is 1. The number of halogens is 4. The third-order valence-corrected chi connectivity index (χ3v) is 2.93. The summed E-state index contributed by atoms with van der Waals surface area (Å²) in [6.45, 7) is 0.0414. The summed E-state index contributed by atoms with van der Waals surface area (Å²) >= 11 is 2.97. The van der Waals surface area contributed by atoms with Crippen LogP contribution in [0, 0.1) is 0 Å².